The Morgan fingerprint density at radius 1 is 0.957 bits per heavy atom. The first-order valence-corrected chi connectivity index (χ1v) is 15.6. The van der Waals surface area contributed by atoms with Crippen molar-refractivity contribution in [2.75, 3.05) is 42.4 Å². The van der Waals surface area contributed by atoms with Gasteiger partial charge in [-0.1, -0.05) is 12.1 Å². The van der Waals surface area contributed by atoms with E-state index in [1.807, 2.05) is 24.3 Å². The van der Waals surface area contributed by atoms with E-state index in [1.54, 1.807) is 72.8 Å². The minimum atomic E-state index is -0.466. The SMILES string of the molecule is Cn1cc(NC(=O)c2cc(NC(=O)C3=CC(c4ccc(SCCCl)cc4)=C[N+]3(C)NC=O)cn2C)cc1C(=O)NCCNC(=N)N. The highest BCUT2D eigenvalue weighted by Gasteiger charge is 2.38. The molecule has 1 atom stereocenters. The van der Waals surface area contributed by atoms with E-state index in [0.29, 0.717) is 35.9 Å². The van der Waals surface area contributed by atoms with Crippen LogP contribution in [-0.2, 0) is 23.7 Å². The summed E-state index contributed by atoms with van der Waals surface area (Å²) in [5.41, 5.74) is 11.2. The molecule has 4 rings (SSSR count). The van der Waals surface area contributed by atoms with Gasteiger partial charge in [0.05, 0.1) is 11.4 Å². The van der Waals surface area contributed by atoms with Crippen molar-refractivity contribution in [1.82, 2.24) is 25.2 Å². The van der Waals surface area contributed by atoms with E-state index in [4.69, 9.17) is 22.7 Å². The van der Waals surface area contributed by atoms with E-state index >= 15 is 0 Å². The average Bonchev–Trinajstić information content (AvgIpc) is 3.68. The fraction of sp³-hybridized carbons (Fsp3) is 0.233. The van der Waals surface area contributed by atoms with Crippen molar-refractivity contribution in [3.05, 3.63) is 83.7 Å². The van der Waals surface area contributed by atoms with Crippen LogP contribution in [0.15, 0.2) is 71.7 Å². The number of carbonyl (C=O) groups is 4. The Balaban J connectivity index is 1.44. The number of likely N-dealkylation sites (N-methyl/N-ethyl adjacent to an activating group) is 1. The van der Waals surface area contributed by atoms with Gasteiger partial charge < -0.3 is 36.1 Å². The highest BCUT2D eigenvalue weighted by Crippen LogP contribution is 2.32. The van der Waals surface area contributed by atoms with Crippen LogP contribution in [0.25, 0.3) is 5.57 Å². The number of nitrogens with one attached hydrogen (secondary N) is 6. The smallest absolute Gasteiger partial charge is 0.312 e. The summed E-state index contributed by atoms with van der Waals surface area (Å²) < 4.78 is 2.89. The highest BCUT2D eigenvalue weighted by molar-refractivity contribution is 7.99. The Labute approximate surface area is 275 Å². The second kappa shape index (κ2) is 14.9. The molecule has 1 aliphatic rings. The van der Waals surface area contributed by atoms with Crippen LogP contribution in [0.2, 0.25) is 0 Å². The van der Waals surface area contributed by atoms with Crippen molar-refractivity contribution in [3.63, 3.8) is 0 Å². The molecule has 16 heteroatoms. The maximum absolute atomic E-state index is 13.5. The number of aryl methyl sites for hydroxylation is 2. The minimum absolute atomic E-state index is 0.189. The highest BCUT2D eigenvalue weighted by atomic mass is 35.5. The fourth-order valence-electron chi connectivity index (χ4n) is 4.79. The van der Waals surface area contributed by atoms with Gasteiger partial charge in [-0.05, 0) is 29.8 Å². The fourth-order valence-corrected chi connectivity index (χ4v) is 5.66. The topological polar surface area (TPSA) is 188 Å². The third-order valence-corrected chi connectivity index (χ3v) is 8.42. The lowest BCUT2D eigenvalue weighted by Gasteiger charge is -2.25. The predicted molar refractivity (Wildman–Crippen MR) is 179 cm³/mol. The molecule has 0 fully saturated rings. The molecule has 0 saturated heterocycles. The lowest BCUT2D eigenvalue weighted by Crippen LogP contribution is -2.50. The Kier molecular flexibility index (Phi) is 10.9. The zero-order chi connectivity index (χ0) is 33.4. The van der Waals surface area contributed by atoms with E-state index < -0.39 is 11.8 Å². The number of anilines is 2. The Morgan fingerprint density at radius 3 is 2.13 bits per heavy atom. The number of benzene rings is 1. The quantitative estimate of drug-likeness (QED) is 0.0261. The molecule has 14 nitrogen and oxygen atoms in total. The van der Waals surface area contributed by atoms with Crippen molar-refractivity contribution in [1.29, 1.82) is 5.41 Å². The first-order chi connectivity index (χ1) is 21.9. The Morgan fingerprint density at radius 2 is 1.54 bits per heavy atom. The van der Waals surface area contributed by atoms with Crippen LogP contribution in [0.5, 0.6) is 0 Å². The molecule has 1 aliphatic heterocycles. The molecule has 3 heterocycles. The van der Waals surface area contributed by atoms with Gasteiger partial charge in [0.15, 0.2) is 5.96 Å². The van der Waals surface area contributed by atoms with E-state index in [9.17, 15) is 19.2 Å². The standard InChI is InChI=1S/C30H35ClN10O4S/c1-39-15-21(13-24(39)27(43)34-9-10-35-30(32)33)37-28(44)25-14-22(16-40(25)2)38-29(45)26-12-20(17-41(26,3)36-18-42)19-4-6-23(7-5-19)46-11-8-31/h4-7,12-18H,8-11H2,1-3H3,(H7-,32,33,34,35,36,37,38,42,43,44,45)/p+1. The van der Waals surface area contributed by atoms with Gasteiger partial charge in [-0.3, -0.25) is 24.6 Å². The van der Waals surface area contributed by atoms with Gasteiger partial charge >= 0.3 is 5.91 Å². The van der Waals surface area contributed by atoms with Crippen LogP contribution < -0.4 is 32.4 Å². The van der Waals surface area contributed by atoms with Gasteiger partial charge in [0.25, 0.3) is 18.2 Å². The van der Waals surface area contributed by atoms with E-state index in [1.165, 1.54) is 6.07 Å². The number of amides is 4. The summed E-state index contributed by atoms with van der Waals surface area (Å²) in [5.74, 6) is -0.116. The van der Waals surface area contributed by atoms with Crippen LogP contribution >= 0.6 is 23.4 Å². The lowest BCUT2D eigenvalue weighted by molar-refractivity contribution is -0.849. The number of allylic oxidation sites excluding steroid dienone is 2. The molecular weight excluding hydrogens is 632 g/mol. The minimum Gasteiger partial charge on any atom is -0.370 e. The molecule has 2 aromatic heterocycles. The summed E-state index contributed by atoms with van der Waals surface area (Å²) in [7, 11) is 5.02. The first-order valence-electron chi connectivity index (χ1n) is 14.1. The predicted octanol–water partition coefficient (Wildman–Crippen LogP) is 2.14. The van der Waals surface area contributed by atoms with Crippen molar-refractivity contribution in [2.45, 2.75) is 4.90 Å². The number of halogens is 1. The molecular formula is C30H36ClN10O4S+. The molecule has 1 unspecified atom stereocenters. The number of nitrogens with zero attached hydrogens (tertiary/aromatic N) is 3. The van der Waals surface area contributed by atoms with Crippen molar-refractivity contribution in [3.8, 4) is 0 Å². The van der Waals surface area contributed by atoms with Crippen LogP contribution in [0, 0.1) is 5.41 Å². The molecule has 8 N–H and O–H groups in total. The van der Waals surface area contributed by atoms with Crippen molar-refractivity contribution < 1.29 is 23.8 Å². The number of quaternary nitrogens is 1. The summed E-state index contributed by atoms with van der Waals surface area (Å²) in [6, 6.07) is 10.9. The number of thioether (sulfide) groups is 1. The average molecular weight is 668 g/mol. The van der Waals surface area contributed by atoms with Gasteiger partial charge in [0.1, 0.15) is 24.6 Å². The Hall–Kier alpha value is -4.99. The van der Waals surface area contributed by atoms with Gasteiger partial charge in [-0.15, -0.1) is 23.4 Å². The van der Waals surface area contributed by atoms with Crippen LogP contribution in [-0.4, -0.2) is 75.6 Å². The number of hydrogen-bond donors (Lipinski definition) is 7. The van der Waals surface area contributed by atoms with Gasteiger partial charge in [-0.25, -0.2) is 0 Å². The van der Waals surface area contributed by atoms with Crippen LogP contribution in [0.1, 0.15) is 26.5 Å². The van der Waals surface area contributed by atoms with Crippen LogP contribution in [0.3, 0.4) is 0 Å². The van der Waals surface area contributed by atoms with Gasteiger partial charge in [-0.2, -0.15) is 10.0 Å². The van der Waals surface area contributed by atoms with E-state index in [-0.39, 0.29) is 34.4 Å². The lowest BCUT2D eigenvalue weighted by atomic mass is 10.1. The molecule has 0 bridgehead atoms. The summed E-state index contributed by atoms with van der Waals surface area (Å²) >= 11 is 7.44. The maximum Gasteiger partial charge on any atom is 0.312 e. The summed E-state index contributed by atoms with van der Waals surface area (Å²) in [6.07, 6.45) is 7.22. The van der Waals surface area contributed by atoms with Gasteiger partial charge in [0, 0.05) is 67.8 Å². The third kappa shape index (κ3) is 8.18. The molecule has 0 spiro atoms. The second-order valence-electron chi connectivity index (χ2n) is 10.5. The van der Waals surface area contributed by atoms with Gasteiger partial charge in [0.2, 0.25) is 5.70 Å². The second-order valence-corrected chi connectivity index (χ2v) is 12.0. The number of carbonyl (C=O) groups excluding carboxylic acids is 4. The number of alkyl halides is 1. The number of aromatic nitrogens is 2. The van der Waals surface area contributed by atoms with Crippen molar-refractivity contribution >= 4 is 70.4 Å². The largest absolute Gasteiger partial charge is 0.370 e. The number of nitrogens with two attached hydrogens (primary N) is 1. The summed E-state index contributed by atoms with van der Waals surface area (Å²) in [5, 5.41) is 18.1. The normalized spacial score (nSPS) is 15.4. The third-order valence-electron chi connectivity index (χ3n) is 6.99. The molecule has 242 valence electrons. The molecule has 0 aliphatic carbocycles. The zero-order valence-electron chi connectivity index (χ0n) is 25.5. The van der Waals surface area contributed by atoms with E-state index in [2.05, 4.69) is 26.7 Å². The number of rotatable bonds is 14. The number of hydrogen-bond acceptors (Lipinski definition) is 6. The first kappa shape index (κ1) is 33.9. The van der Waals surface area contributed by atoms with E-state index in [0.717, 1.165) is 21.8 Å². The molecule has 46 heavy (non-hydrogen) atoms. The maximum atomic E-state index is 13.5. The monoisotopic (exact) mass is 667 g/mol. The number of guanidine groups is 1. The zero-order valence-corrected chi connectivity index (χ0v) is 27.1. The van der Waals surface area contributed by atoms with Crippen LogP contribution in [0.4, 0.5) is 11.4 Å². The molecule has 0 saturated carbocycles. The summed E-state index contributed by atoms with van der Waals surface area (Å²) in [4.78, 5) is 51.7. The Bertz CT molecular complexity index is 1710. The van der Waals surface area contributed by atoms with Crippen molar-refractivity contribution in [2.24, 2.45) is 19.8 Å². The molecule has 3 aromatic rings. The summed E-state index contributed by atoms with van der Waals surface area (Å²) in [6.45, 7) is 0.549. The molecule has 4 amide bonds. The molecule has 0 radical (unpaired) electrons. The molecule has 1 aromatic carbocycles.